The van der Waals surface area contributed by atoms with E-state index in [2.05, 4.69) is 16.8 Å². The summed E-state index contributed by atoms with van der Waals surface area (Å²) in [5.41, 5.74) is 6.58. The van der Waals surface area contributed by atoms with Crippen molar-refractivity contribution in [2.75, 3.05) is 26.7 Å². The second-order valence-corrected chi connectivity index (χ2v) is 4.68. The highest BCUT2D eigenvalue weighted by molar-refractivity contribution is 5.96. The number of carbonyl (C=O) groups excluding carboxylic acids is 1. The van der Waals surface area contributed by atoms with E-state index in [-0.39, 0.29) is 18.6 Å². The standard InChI is InChI=1S/C15H19N3O2/c1-20-13-5-3-9-18(11-13)15(19)14-6-8-17-10-12(14)4-2-7-16/h6,8,10,13H,3,5,7,9,11,16H2,1H3. The van der Waals surface area contributed by atoms with Crippen LogP contribution in [0.15, 0.2) is 18.5 Å². The van der Waals surface area contributed by atoms with Crippen LogP contribution >= 0.6 is 0 Å². The second-order valence-electron chi connectivity index (χ2n) is 4.68. The molecular formula is C15H19N3O2. The number of piperidine rings is 1. The Morgan fingerprint density at radius 1 is 1.65 bits per heavy atom. The molecule has 106 valence electrons. The monoisotopic (exact) mass is 273 g/mol. The topological polar surface area (TPSA) is 68.5 Å². The zero-order valence-corrected chi connectivity index (χ0v) is 11.6. The van der Waals surface area contributed by atoms with Crippen LogP contribution in [0.2, 0.25) is 0 Å². The van der Waals surface area contributed by atoms with Crippen molar-refractivity contribution in [3.05, 3.63) is 29.6 Å². The Labute approximate surface area is 119 Å². The van der Waals surface area contributed by atoms with Gasteiger partial charge >= 0.3 is 0 Å². The lowest BCUT2D eigenvalue weighted by atomic mass is 10.0. The average molecular weight is 273 g/mol. The zero-order valence-electron chi connectivity index (χ0n) is 11.6. The molecule has 2 N–H and O–H groups in total. The average Bonchev–Trinajstić information content (AvgIpc) is 2.52. The van der Waals surface area contributed by atoms with Gasteiger partial charge in [-0.05, 0) is 18.9 Å². The highest BCUT2D eigenvalue weighted by Crippen LogP contribution is 2.17. The third kappa shape index (κ3) is 3.35. The van der Waals surface area contributed by atoms with Crippen molar-refractivity contribution in [3.8, 4) is 11.8 Å². The smallest absolute Gasteiger partial charge is 0.255 e. The molecule has 0 radical (unpaired) electrons. The molecule has 0 bridgehead atoms. The van der Waals surface area contributed by atoms with E-state index in [4.69, 9.17) is 10.5 Å². The van der Waals surface area contributed by atoms with Crippen LogP contribution in [0.3, 0.4) is 0 Å². The SMILES string of the molecule is COC1CCCN(C(=O)c2ccncc2C#CCN)C1. The van der Waals surface area contributed by atoms with E-state index in [1.54, 1.807) is 25.6 Å². The number of aromatic nitrogens is 1. The Morgan fingerprint density at radius 3 is 3.25 bits per heavy atom. The van der Waals surface area contributed by atoms with Gasteiger partial charge in [0, 0.05) is 32.6 Å². The number of likely N-dealkylation sites (tertiary alicyclic amines) is 1. The number of nitrogens with zero attached hydrogens (tertiary/aromatic N) is 2. The van der Waals surface area contributed by atoms with Gasteiger partial charge in [-0.15, -0.1) is 0 Å². The van der Waals surface area contributed by atoms with Gasteiger partial charge in [0.2, 0.25) is 0 Å². The van der Waals surface area contributed by atoms with Crippen LogP contribution in [-0.4, -0.2) is 48.6 Å². The molecule has 1 aromatic heterocycles. The first-order valence-electron chi connectivity index (χ1n) is 6.71. The van der Waals surface area contributed by atoms with E-state index in [9.17, 15) is 4.79 Å². The van der Waals surface area contributed by atoms with Gasteiger partial charge in [0.05, 0.1) is 23.8 Å². The van der Waals surface area contributed by atoms with Crippen LogP contribution in [0.25, 0.3) is 0 Å². The maximum absolute atomic E-state index is 12.6. The molecule has 1 aliphatic heterocycles. The van der Waals surface area contributed by atoms with Crippen molar-refractivity contribution in [1.82, 2.24) is 9.88 Å². The lowest BCUT2D eigenvalue weighted by molar-refractivity contribution is 0.0268. The summed E-state index contributed by atoms with van der Waals surface area (Å²) in [6.07, 6.45) is 5.29. The number of nitrogens with two attached hydrogens (primary N) is 1. The lowest BCUT2D eigenvalue weighted by Gasteiger charge is -2.32. The Balaban J connectivity index is 2.20. The fourth-order valence-electron chi connectivity index (χ4n) is 2.31. The van der Waals surface area contributed by atoms with Gasteiger partial charge in [0.25, 0.3) is 5.91 Å². The zero-order chi connectivity index (χ0) is 14.4. The molecule has 1 aliphatic rings. The molecule has 0 spiro atoms. The van der Waals surface area contributed by atoms with Crippen molar-refractivity contribution >= 4 is 5.91 Å². The highest BCUT2D eigenvalue weighted by atomic mass is 16.5. The summed E-state index contributed by atoms with van der Waals surface area (Å²) in [6, 6.07) is 1.71. The van der Waals surface area contributed by atoms with Gasteiger partial charge in [-0.25, -0.2) is 0 Å². The summed E-state index contributed by atoms with van der Waals surface area (Å²) in [7, 11) is 1.68. The maximum atomic E-state index is 12.6. The van der Waals surface area contributed by atoms with E-state index in [0.717, 1.165) is 19.4 Å². The molecule has 5 nitrogen and oxygen atoms in total. The fourth-order valence-corrected chi connectivity index (χ4v) is 2.31. The van der Waals surface area contributed by atoms with Gasteiger partial charge in [-0.2, -0.15) is 0 Å². The third-order valence-electron chi connectivity index (χ3n) is 3.38. The molecule has 0 aliphatic carbocycles. The van der Waals surface area contributed by atoms with Gasteiger partial charge in [-0.3, -0.25) is 9.78 Å². The Kier molecular flexibility index (Phi) is 5.10. The number of carbonyl (C=O) groups is 1. The van der Waals surface area contributed by atoms with E-state index < -0.39 is 0 Å². The molecule has 2 heterocycles. The quantitative estimate of drug-likeness (QED) is 0.803. The molecule has 1 fully saturated rings. The number of hydrogen-bond acceptors (Lipinski definition) is 4. The summed E-state index contributed by atoms with van der Waals surface area (Å²) in [6.45, 7) is 1.64. The first-order valence-corrected chi connectivity index (χ1v) is 6.71. The first-order chi connectivity index (χ1) is 9.76. The number of amides is 1. The predicted molar refractivity (Wildman–Crippen MR) is 76.1 cm³/mol. The normalized spacial score (nSPS) is 18.3. The van der Waals surface area contributed by atoms with Crippen molar-refractivity contribution in [2.45, 2.75) is 18.9 Å². The third-order valence-corrected chi connectivity index (χ3v) is 3.38. The van der Waals surface area contributed by atoms with Gasteiger partial charge in [-0.1, -0.05) is 11.8 Å². The molecule has 1 amide bonds. The summed E-state index contributed by atoms with van der Waals surface area (Å²) in [5.74, 6) is 5.65. The molecular weight excluding hydrogens is 254 g/mol. The van der Waals surface area contributed by atoms with Crippen molar-refractivity contribution < 1.29 is 9.53 Å². The number of methoxy groups -OCH3 is 1. The van der Waals surface area contributed by atoms with Crippen molar-refractivity contribution in [1.29, 1.82) is 0 Å². The number of pyridine rings is 1. The van der Waals surface area contributed by atoms with Crippen LogP contribution in [0, 0.1) is 11.8 Å². The number of rotatable bonds is 2. The van der Waals surface area contributed by atoms with Crippen LogP contribution in [-0.2, 0) is 4.74 Å². The molecule has 1 atom stereocenters. The van der Waals surface area contributed by atoms with Gasteiger partial charge < -0.3 is 15.4 Å². The first kappa shape index (κ1) is 14.5. The summed E-state index contributed by atoms with van der Waals surface area (Å²) >= 11 is 0. The van der Waals surface area contributed by atoms with E-state index in [1.165, 1.54) is 0 Å². The van der Waals surface area contributed by atoms with Gasteiger partial charge in [0.15, 0.2) is 0 Å². The maximum Gasteiger partial charge on any atom is 0.255 e. The van der Waals surface area contributed by atoms with Gasteiger partial charge in [0.1, 0.15) is 0 Å². The minimum atomic E-state index is -0.0181. The summed E-state index contributed by atoms with van der Waals surface area (Å²) in [5, 5.41) is 0. The molecule has 2 rings (SSSR count). The summed E-state index contributed by atoms with van der Waals surface area (Å²) < 4.78 is 5.35. The molecule has 20 heavy (non-hydrogen) atoms. The minimum absolute atomic E-state index is 0.0181. The van der Waals surface area contributed by atoms with E-state index in [1.807, 2.05) is 4.90 Å². The van der Waals surface area contributed by atoms with Crippen LogP contribution in [0.1, 0.15) is 28.8 Å². The Bertz CT molecular complexity index is 533. The molecule has 1 unspecified atom stereocenters. The Hall–Kier alpha value is -1.90. The molecule has 0 saturated carbocycles. The largest absolute Gasteiger partial charge is 0.380 e. The Morgan fingerprint density at radius 2 is 2.50 bits per heavy atom. The predicted octanol–water partition coefficient (Wildman–Crippen LogP) is 0.643. The fraction of sp³-hybridized carbons (Fsp3) is 0.467. The highest BCUT2D eigenvalue weighted by Gasteiger charge is 2.25. The minimum Gasteiger partial charge on any atom is -0.380 e. The van der Waals surface area contributed by atoms with Crippen LogP contribution in [0.4, 0.5) is 0 Å². The van der Waals surface area contributed by atoms with E-state index in [0.29, 0.717) is 17.7 Å². The molecule has 1 aromatic rings. The van der Waals surface area contributed by atoms with Crippen LogP contribution < -0.4 is 5.73 Å². The van der Waals surface area contributed by atoms with Crippen molar-refractivity contribution in [2.24, 2.45) is 5.73 Å². The number of hydrogen-bond donors (Lipinski definition) is 1. The van der Waals surface area contributed by atoms with Crippen LogP contribution in [0.5, 0.6) is 0 Å². The van der Waals surface area contributed by atoms with Crippen molar-refractivity contribution in [3.63, 3.8) is 0 Å². The lowest BCUT2D eigenvalue weighted by Crippen LogP contribution is -2.43. The second kappa shape index (κ2) is 7.04. The molecule has 1 saturated heterocycles. The number of ether oxygens (including phenoxy) is 1. The molecule has 0 aromatic carbocycles. The summed E-state index contributed by atoms with van der Waals surface area (Å²) in [4.78, 5) is 18.4. The molecule has 5 heteroatoms. The van der Waals surface area contributed by atoms with E-state index >= 15 is 0 Å².